The first-order valence-corrected chi connectivity index (χ1v) is 8.36. The first-order chi connectivity index (χ1) is 9.58. The van der Waals surface area contributed by atoms with Crippen molar-refractivity contribution >= 4 is 28.4 Å². The molecule has 1 aromatic rings. The van der Waals surface area contributed by atoms with Crippen LogP contribution in [-0.4, -0.2) is 34.5 Å². The van der Waals surface area contributed by atoms with E-state index in [9.17, 15) is 0 Å². The van der Waals surface area contributed by atoms with Gasteiger partial charge in [-0.15, -0.1) is 6.42 Å². The van der Waals surface area contributed by atoms with Crippen LogP contribution in [0.1, 0.15) is 12.5 Å². The van der Waals surface area contributed by atoms with Gasteiger partial charge in [-0.3, -0.25) is 4.98 Å². The van der Waals surface area contributed by atoms with Crippen LogP contribution in [0.5, 0.6) is 0 Å². The second-order valence-corrected chi connectivity index (χ2v) is 6.74. The van der Waals surface area contributed by atoms with Crippen LogP contribution in [0, 0.1) is 12.3 Å². The van der Waals surface area contributed by atoms with Crippen LogP contribution in [0.3, 0.4) is 0 Å². The lowest BCUT2D eigenvalue weighted by atomic mass is 10.3. The normalized spacial score (nSPS) is 11.4. The van der Waals surface area contributed by atoms with Crippen molar-refractivity contribution in [2.75, 3.05) is 19.3 Å². The number of hydrogen-bond donors (Lipinski definition) is 0. The summed E-state index contributed by atoms with van der Waals surface area (Å²) < 4.78 is 0. The Bertz CT molecular complexity index is 491. The number of hydrogen-bond acceptors (Lipinski definition) is 4. The molecule has 1 heterocycles. The van der Waals surface area contributed by atoms with Crippen molar-refractivity contribution in [2.24, 2.45) is 0 Å². The van der Waals surface area contributed by atoms with Crippen molar-refractivity contribution < 1.29 is 0 Å². The lowest BCUT2D eigenvalue weighted by molar-refractivity contribution is 0.418. The highest BCUT2D eigenvalue weighted by Crippen LogP contribution is 2.32. The lowest BCUT2D eigenvalue weighted by Crippen LogP contribution is -2.28. The minimum atomic E-state index is 0.507. The Kier molecular flexibility index (Phi) is 7.35. The molecule has 0 saturated carbocycles. The van der Waals surface area contributed by atoms with Crippen molar-refractivity contribution in [3.05, 3.63) is 48.3 Å². The van der Waals surface area contributed by atoms with Gasteiger partial charge in [-0.1, -0.05) is 43.8 Å². The van der Waals surface area contributed by atoms with Gasteiger partial charge < -0.3 is 4.90 Å². The van der Waals surface area contributed by atoms with Gasteiger partial charge in [0.25, 0.3) is 0 Å². The zero-order valence-corrected chi connectivity index (χ0v) is 13.6. The van der Waals surface area contributed by atoms with Crippen LogP contribution >= 0.6 is 23.5 Å². The quantitative estimate of drug-likeness (QED) is 0.676. The van der Waals surface area contributed by atoms with E-state index in [1.54, 1.807) is 24.2 Å². The molecule has 0 N–H and O–H groups in total. The molecule has 2 nitrogen and oxygen atoms in total. The number of thioether (sulfide) groups is 2. The van der Waals surface area contributed by atoms with Crippen LogP contribution < -0.4 is 0 Å². The summed E-state index contributed by atoms with van der Waals surface area (Å²) in [5, 5.41) is 1.44. The summed E-state index contributed by atoms with van der Waals surface area (Å²) in [4.78, 5) is 7.15. The largest absolute Gasteiger partial charge is 0.354 e. The second-order valence-electron chi connectivity index (χ2n) is 4.29. The molecule has 1 rings (SSSR count). The molecule has 0 aliphatic carbocycles. The summed E-state index contributed by atoms with van der Waals surface area (Å²) in [6, 6.07) is 3.89. The molecule has 1 aromatic heterocycles. The van der Waals surface area contributed by atoms with E-state index in [1.807, 2.05) is 23.9 Å². The number of nitrogens with zero attached hydrogens (tertiary/aromatic N) is 2. The van der Waals surface area contributed by atoms with Gasteiger partial charge in [-0.25, -0.2) is 0 Å². The smallest absolute Gasteiger partial charge is 0.0796 e. The van der Waals surface area contributed by atoms with Gasteiger partial charge in [-0.05, 0) is 12.3 Å². The van der Waals surface area contributed by atoms with E-state index in [0.29, 0.717) is 11.8 Å². The van der Waals surface area contributed by atoms with E-state index < -0.39 is 0 Å². The number of pyridine rings is 1. The monoisotopic (exact) mass is 304 g/mol. The highest BCUT2D eigenvalue weighted by molar-refractivity contribution is 8.11. The van der Waals surface area contributed by atoms with Gasteiger partial charge in [0.1, 0.15) is 0 Å². The summed E-state index contributed by atoms with van der Waals surface area (Å²) in [7, 11) is 0. The van der Waals surface area contributed by atoms with Crippen molar-refractivity contribution in [3.8, 4) is 12.3 Å². The number of aromatic nitrogens is 1. The predicted molar refractivity (Wildman–Crippen MR) is 93.4 cm³/mol. The van der Waals surface area contributed by atoms with E-state index in [-0.39, 0.29) is 0 Å². The average molecular weight is 304 g/mol. The molecule has 0 aromatic carbocycles. The highest BCUT2D eigenvalue weighted by Gasteiger charge is 2.13. The summed E-state index contributed by atoms with van der Waals surface area (Å²) in [6.45, 7) is 11.9. The Morgan fingerprint density at radius 2 is 2.30 bits per heavy atom. The van der Waals surface area contributed by atoms with Gasteiger partial charge in [0.05, 0.1) is 11.6 Å². The van der Waals surface area contributed by atoms with Crippen LogP contribution in [0.15, 0.2) is 42.7 Å². The van der Waals surface area contributed by atoms with Gasteiger partial charge >= 0.3 is 0 Å². The van der Waals surface area contributed by atoms with Crippen LogP contribution in [0.25, 0.3) is 4.91 Å². The third-order valence-electron chi connectivity index (χ3n) is 2.74. The SMILES string of the molecule is C#CCN(CC(C)SC)C(=C)SC(=C)c1cccnc1. The molecule has 4 heteroatoms. The first-order valence-electron chi connectivity index (χ1n) is 6.25. The van der Waals surface area contributed by atoms with Crippen molar-refractivity contribution in [2.45, 2.75) is 12.2 Å². The Morgan fingerprint density at radius 1 is 1.55 bits per heavy atom. The van der Waals surface area contributed by atoms with Crippen molar-refractivity contribution in [1.29, 1.82) is 0 Å². The predicted octanol–water partition coefficient (Wildman–Crippen LogP) is 3.94. The van der Waals surface area contributed by atoms with Gasteiger partial charge in [0.15, 0.2) is 0 Å². The molecular weight excluding hydrogens is 284 g/mol. The summed E-state index contributed by atoms with van der Waals surface area (Å²) in [6.07, 6.45) is 11.1. The molecule has 0 spiro atoms. The molecule has 1 unspecified atom stereocenters. The minimum absolute atomic E-state index is 0.507. The van der Waals surface area contributed by atoms with Crippen molar-refractivity contribution in [1.82, 2.24) is 9.88 Å². The van der Waals surface area contributed by atoms with E-state index in [1.165, 1.54) is 0 Å². The van der Waals surface area contributed by atoms with Crippen LogP contribution in [-0.2, 0) is 0 Å². The zero-order chi connectivity index (χ0) is 15.0. The molecule has 1 atom stereocenters. The van der Waals surface area contributed by atoms with Crippen molar-refractivity contribution in [3.63, 3.8) is 0 Å². The average Bonchev–Trinajstić information content (AvgIpc) is 2.47. The Morgan fingerprint density at radius 3 is 2.85 bits per heavy atom. The number of terminal acetylenes is 1. The Hall–Kier alpha value is -1.31. The molecule has 0 amide bonds. The maximum absolute atomic E-state index is 5.45. The molecule has 0 aliphatic heterocycles. The molecule has 0 fully saturated rings. The van der Waals surface area contributed by atoms with Gasteiger partial charge in [-0.2, -0.15) is 11.8 Å². The molecule has 106 valence electrons. The Balaban J connectivity index is 2.67. The van der Waals surface area contributed by atoms with E-state index in [4.69, 9.17) is 6.42 Å². The highest BCUT2D eigenvalue weighted by atomic mass is 32.2. The standard InChI is InChI=1S/C16H20N2S2/c1-6-10-18(12-13(2)19-5)15(4)20-14(3)16-8-7-9-17-11-16/h1,7-9,11,13H,3-4,10,12H2,2,5H3. The van der Waals surface area contributed by atoms with Crippen LogP contribution in [0.4, 0.5) is 0 Å². The molecule has 0 radical (unpaired) electrons. The fraction of sp³-hybridized carbons (Fsp3) is 0.312. The fourth-order valence-electron chi connectivity index (χ4n) is 1.54. The minimum Gasteiger partial charge on any atom is -0.354 e. The second kappa shape index (κ2) is 8.78. The third kappa shape index (κ3) is 5.36. The fourth-order valence-corrected chi connectivity index (χ4v) is 2.66. The molecule has 20 heavy (non-hydrogen) atoms. The summed E-state index contributed by atoms with van der Waals surface area (Å²) >= 11 is 3.36. The maximum Gasteiger partial charge on any atom is 0.0796 e. The van der Waals surface area contributed by atoms with Gasteiger partial charge in [0, 0.05) is 34.7 Å². The molecular formula is C16H20N2S2. The van der Waals surface area contributed by atoms with Gasteiger partial charge in [0.2, 0.25) is 0 Å². The maximum atomic E-state index is 5.45. The lowest BCUT2D eigenvalue weighted by Gasteiger charge is -2.26. The van der Waals surface area contributed by atoms with E-state index >= 15 is 0 Å². The number of rotatable bonds is 8. The molecule has 0 aliphatic rings. The summed E-state index contributed by atoms with van der Waals surface area (Å²) in [5.74, 6) is 2.69. The molecule has 0 saturated heterocycles. The molecule has 0 bridgehead atoms. The Labute approximate surface area is 130 Å². The van der Waals surface area contributed by atoms with Crippen LogP contribution in [0.2, 0.25) is 0 Å². The van der Waals surface area contributed by atoms with E-state index in [0.717, 1.165) is 22.0 Å². The zero-order valence-electron chi connectivity index (χ0n) is 12.0. The first kappa shape index (κ1) is 16.7. The van der Waals surface area contributed by atoms with E-state index in [2.05, 4.69) is 42.1 Å². The summed E-state index contributed by atoms with van der Waals surface area (Å²) in [5.41, 5.74) is 1.01. The third-order valence-corrected chi connectivity index (χ3v) is 4.67. The topological polar surface area (TPSA) is 16.1 Å².